The maximum Gasteiger partial charge on any atom is 0.264 e. The van der Waals surface area contributed by atoms with E-state index in [1.54, 1.807) is 30.1 Å². The molecule has 0 aliphatic carbocycles. The van der Waals surface area contributed by atoms with E-state index in [0.29, 0.717) is 12.4 Å². The molecule has 0 aromatic carbocycles. The van der Waals surface area contributed by atoms with E-state index in [4.69, 9.17) is 11.5 Å². The molecule has 0 unspecified atom stereocenters. The first-order chi connectivity index (χ1) is 7.09. The SMILES string of the molecule is CC(C=C(N)C(N)=O)=NCn1cccn1. The molecule has 1 aromatic heterocycles. The average molecular weight is 207 g/mol. The fourth-order valence-corrected chi connectivity index (χ4v) is 0.910. The molecule has 0 radical (unpaired) electrons. The summed E-state index contributed by atoms with van der Waals surface area (Å²) in [5, 5.41) is 3.97. The van der Waals surface area contributed by atoms with Gasteiger partial charge in [-0.3, -0.25) is 14.5 Å². The van der Waals surface area contributed by atoms with Gasteiger partial charge < -0.3 is 11.5 Å². The lowest BCUT2D eigenvalue weighted by atomic mass is 10.3. The zero-order valence-corrected chi connectivity index (χ0v) is 8.42. The smallest absolute Gasteiger partial charge is 0.264 e. The predicted octanol–water partition coefficient (Wildman–Crippen LogP) is -0.371. The van der Waals surface area contributed by atoms with Crippen molar-refractivity contribution >= 4 is 11.6 Å². The van der Waals surface area contributed by atoms with Crippen LogP contribution in [0.2, 0.25) is 0 Å². The van der Waals surface area contributed by atoms with Gasteiger partial charge in [0.15, 0.2) is 0 Å². The normalized spacial score (nSPS) is 12.9. The van der Waals surface area contributed by atoms with Gasteiger partial charge in [0.25, 0.3) is 5.91 Å². The minimum absolute atomic E-state index is 0.00304. The first-order valence-electron chi connectivity index (χ1n) is 4.35. The summed E-state index contributed by atoms with van der Waals surface area (Å²) in [7, 11) is 0. The highest BCUT2D eigenvalue weighted by Gasteiger charge is 1.97. The van der Waals surface area contributed by atoms with E-state index in [2.05, 4.69) is 10.1 Å². The molecule has 1 heterocycles. The highest BCUT2D eigenvalue weighted by Crippen LogP contribution is 1.90. The first kappa shape index (κ1) is 11.0. The number of aromatic nitrogens is 2. The van der Waals surface area contributed by atoms with Crippen LogP contribution >= 0.6 is 0 Å². The number of nitrogens with zero attached hydrogens (tertiary/aromatic N) is 3. The zero-order valence-electron chi connectivity index (χ0n) is 8.42. The fraction of sp³-hybridized carbons (Fsp3) is 0.222. The van der Waals surface area contributed by atoms with Gasteiger partial charge in [-0.2, -0.15) is 5.10 Å². The van der Waals surface area contributed by atoms with Gasteiger partial charge in [-0.25, -0.2) is 0 Å². The molecule has 0 aliphatic rings. The number of amides is 1. The topological polar surface area (TPSA) is 99.3 Å². The lowest BCUT2D eigenvalue weighted by molar-refractivity contribution is -0.114. The van der Waals surface area contributed by atoms with Gasteiger partial charge in [-0.1, -0.05) is 0 Å². The number of aliphatic imine (C=N–C) groups is 1. The second-order valence-electron chi connectivity index (χ2n) is 2.95. The molecule has 0 saturated carbocycles. The third kappa shape index (κ3) is 3.63. The predicted molar refractivity (Wildman–Crippen MR) is 56.8 cm³/mol. The molecule has 0 spiro atoms. The van der Waals surface area contributed by atoms with E-state index in [0.717, 1.165) is 0 Å². The van der Waals surface area contributed by atoms with Crippen LogP contribution in [0.25, 0.3) is 0 Å². The third-order valence-corrected chi connectivity index (χ3v) is 1.67. The van der Waals surface area contributed by atoms with Crippen molar-refractivity contribution < 1.29 is 4.79 Å². The number of carbonyl (C=O) groups is 1. The monoisotopic (exact) mass is 207 g/mol. The van der Waals surface area contributed by atoms with Gasteiger partial charge >= 0.3 is 0 Å². The molecular formula is C9H13N5O. The average Bonchev–Trinajstić information content (AvgIpc) is 2.66. The summed E-state index contributed by atoms with van der Waals surface area (Å²) >= 11 is 0. The number of hydrogen-bond acceptors (Lipinski definition) is 4. The number of carbonyl (C=O) groups excluding carboxylic acids is 1. The van der Waals surface area contributed by atoms with Crippen molar-refractivity contribution in [2.45, 2.75) is 13.6 Å². The second-order valence-corrected chi connectivity index (χ2v) is 2.95. The van der Waals surface area contributed by atoms with Crippen molar-refractivity contribution in [3.63, 3.8) is 0 Å². The van der Waals surface area contributed by atoms with Crippen LogP contribution < -0.4 is 11.5 Å². The number of allylic oxidation sites excluding steroid dienone is 1. The third-order valence-electron chi connectivity index (χ3n) is 1.67. The largest absolute Gasteiger partial charge is 0.394 e. The van der Waals surface area contributed by atoms with Crippen LogP contribution in [0.4, 0.5) is 0 Å². The van der Waals surface area contributed by atoms with Crippen LogP contribution in [0, 0.1) is 0 Å². The van der Waals surface area contributed by atoms with E-state index in [-0.39, 0.29) is 5.70 Å². The molecular weight excluding hydrogens is 194 g/mol. The van der Waals surface area contributed by atoms with E-state index < -0.39 is 5.91 Å². The Bertz CT molecular complexity index is 391. The van der Waals surface area contributed by atoms with Crippen molar-refractivity contribution in [1.29, 1.82) is 0 Å². The maximum atomic E-state index is 10.6. The standard InChI is InChI=1S/C9H13N5O/c1-7(5-8(10)9(11)15)12-6-14-4-2-3-13-14/h2-5H,6,10H2,1H3,(H2,11,15). The Morgan fingerprint density at radius 1 is 1.60 bits per heavy atom. The summed E-state index contributed by atoms with van der Waals surface area (Å²) in [5.74, 6) is -0.649. The van der Waals surface area contributed by atoms with E-state index >= 15 is 0 Å². The Hall–Kier alpha value is -2.11. The summed E-state index contributed by atoms with van der Waals surface area (Å²) in [6.07, 6.45) is 4.89. The van der Waals surface area contributed by atoms with Gasteiger partial charge in [0.2, 0.25) is 0 Å². The van der Waals surface area contributed by atoms with Crippen LogP contribution in [0.5, 0.6) is 0 Å². The Morgan fingerprint density at radius 2 is 2.33 bits per heavy atom. The van der Waals surface area contributed by atoms with Crippen molar-refractivity contribution in [3.05, 3.63) is 30.2 Å². The molecule has 80 valence electrons. The van der Waals surface area contributed by atoms with Gasteiger partial charge in [-0.15, -0.1) is 0 Å². The van der Waals surface area contributed by atoms with Crippen LogP contribution in [0.15, 0.2) is 35.2 Å². The number of primary amides is 1. The molecule has 6 heteroatoms. The number of rotatable bonds is 4. The summed E-state index contributed by atoms with van der Waals surface area (Å²) in [4.78, 5) is 14.8. The van der Waals surface area contributed by atoms with Crippen LogP contribution in [0.3, 0.4) is 0 Å². The summed E-state index contributed by atoms with van der Waals surface area (Å²) in [5.41, 5.74) is 10.9. The molecule has 1 amide bonds. The van der Waals surface area contributed by atoms with Crippen molar-refractivity contribution in [2.75, 3.05) is 0 Å². The number of nitrogens with two attached hydrogens (primary N) is 2. The lowest BCUT2D eigenvalue weighted by Crippen LogP contribution is -2.20. The molecule has 0 saturated heterocycles. The van der Waals surface area contributed by atoms with Crippen LogP contribution in [-0.4, -0.2) is 21.4 Å². The molecule has 0 aliphatic heterocycles. The Morgan fingerprint density at radius 3 is 2.87 bits per heavy atom. The molecule has 0 atom stereocenters. The molecule has 4 N–H and O–H groups in total. The summed E-state index contributed by atoms with van der Waals surface area (Å²) < 4.78 is 1.65. The first-order valence-corrected chi connectivity index (χ1v) is 4.35. The second kappa shape index (κ2) is 4.94. The lowest BCUT2D eigenvalue weighted by Gasteiger charge is -1.97. The molecule has 15 heavy (non-hydrogen) atoms. The molecule has 0 bridgehead atoms. The Labute approximate surface area is 87.3 Å². The van der Waals surface area contributed by atoms with E-state index in [1.807, 2.05) is 0 Å². The fourth-order valence-electron chi connectivity index (χ4n) is 0.910. The highest BCUT2D eigenvalue weighted by molar-refractivity contribution is 6.01. The molecule has 0 fully saturated rings. The van der Waals surface area contributed by atoms with Crippen molar-refractivity contribution in [1.82, 2.24) is 9.78 Å². The van der Waals surface area contributed by atoms with Gasteiger partial charge in [0.05, 0.1) is 5.70 Å². The van der Waals surface area contributed by atoms with Crippen molar-refractivity contribution in [3.8, 4) is 0 Å². The number of hydrogen-bond donors (Lipinski definition) is 2. The highest BCUT2D eigenvalue weighted by atomic mass is 16.1. The van der Waals surface area contributed by atoms with Crippen LogP contribution in [0.1, 0.15) is 6.92 Å². The summed E-state index contributed by atoms with van der Waals surface area (Å²) in [6.45, 7) is 2.13. The van der Waals surface area contributed by atoms with E-state index in [9.17, 15) is 4.79 Å². The quantitative estimate of drug-likeness (QED) is 0.520. The minimum Gasteiger partial charge on any atom is -0.394 e. The molecule has 6 nitrogen and oxygen atoms in total. The van der Waals surface area contributed by atoms with Crippen LogP contribution in [-0.2, 0) is 11.5 Å². The molecule has 1 rings (SSSR count). The zero-order chi connectivity index (χ0) is 11.3. The Kier molecular flexibility index (Phi) is 3.61. The van der Waals surface area contributed by atoms with Gasteiger partial charge in [-0.05, 0) is 19.1 Å². The van der Waals surface area contributed by atoms with E-state index in [1.165, 1.54) is 6.08 Å². The van der Waals surface area contributed by atoms with Gasteiger partial charge in [0.1, 0.15) is 6.67 Å². The molecule has 1 aromatic rings. The summed E-state index contributed by atoms with van der Waals surface area (Å²) in [6, 6.07) is 1.80. The van der Waals surface area contributed by atoms with Crippen molar-refractivity contribution in [2.24, 2.45) is 16.5 Å². The van der Waals surface area contributed by atoms with Gasteiger partial charge in [0, 0.05) is 18.1 Å². The minimum atomic E-state index is -0.649. The maximum absolute atomic E-state index is 10.6. The Balaban J connectivity index is 2.61.